The Hall–Kier alpha value is -2.89. The molecule has 3 rings (SSSR count). The van der Waals surface area contributed by atoms with E-state index >= 15 is 0 Å². The van der Waals surface area contributed by atoms with E-state index in [1.165, 1.54) is 18.2 Å². The number of nitrogens with zero attached hydrogens (tertiary/aromatic N) is 2. The molecule has 1 N–H and O–H groups in total. The highest BCUT2D eigenvalue weighted by Gasteiger charge is 2.28. The number of carboxylic acid groups (broad SMARTS) is 1. The molecule has 0 amide bonds. The summed E-state index contributed by atoms with van der Waals surface area (Å²) in [6, 6.07) is 12.3. The predicted octanol–water partition coefficient (Wildman–Crippen LogP) is 2.85. The lowest BCUT2D eigenvalue weighted by atomic mass is 10.1. The molecule has 1 heterocycles. The molecular formula is C16H13FN2O3. The van der Waals surface area contributed by atoms with Crippen molar-refractivity contribution in [3.05, 3.63) is 71.0 Å². The standard InChI is InChI=1S/C16H13FN2O3/c1-19-15(11-3-2-4-12(9-11)16(20)21)22-14(18-19)10-5-7-13(17)8-6-10/h2-9,15H,1H3,(H,20,21). The Kier molecular flexibility index (Phi) is 3.50. The molecule has 0 saturated heterocycles. The lowest BCUT2D eigenvalue weighted by Crippen LogP contribution is -2.16. The summed E-state index contributed by atoms with van der Waals surface area (Å²) >= 11 is 0. The second kappa shape index (κ2) is 5.48. The van der Waals surface area contributed by atoms with Crippen LogP contribution in [0.5, 0.6) is 0 Å². The number of carboxylic acids is 1. The molecule has 0 aliphatic carbocycles. The van der Waals surface area contributed by atoms with Crippen LogP contribution in [-0.4, -0.2) is 29.0 Å². The maximum Gasteiger partial charge on any atom is 0.335 e. The normalized spacial score (nSPS) is 17.1. The summed E-state index contributed by atoms with van der Waals surface area (Å²) in [6.45, 7) is 0. The molecule has 0 spiro atoms. The lowest BCUT2D eigenvalue weighted by molar-refractivity contribution is 0.0691. The number of aromatic carboxylic acids is 1. The topological polar surface area (TPSA) is 62.1 Å². The molecule has 1 unspecified atom stereocenters. The van der Waals surface area contributed by atoms with Crippen molar-refractivity contribution >= 4 is 11.9 Å². The van der Waals surface area contributed by atoms with Crippen molar-refractivity contribution < 1.29 is 19.0 Å². The van der Waals surface area contributed by atoms with Gasteiger partial charge in [-0.05, 0) is 36.4 Å². The van der Waals surface area contributed by atoms with Crippen LogP contribution in [0, 0.1) is 5.82 Å². The van der Waals surface area contributed by atoms with Crippen LogP contribution < -0.4 is 0 Å². The molecule has 0 aromatic heterocycles. The van der Waals surface area contributed by atoms with Crippen molar-refractivity contribution in [2.24, 2.45) is 5.10 Å². The second-order valence-corrected chi connectivity index (χ2v) is 4.89. The van der Waals surface area contributed by atoms with E-state index in [-0.39, 0.29) is 11.4 Å². The summed E-state index contributed by atoms with van der Waals surface area (Å²) in [6.07, 6.45) is -0.514. The van der Waals surface area contributed by atoms with Crippen molar-refractivity contribution in [1.29, 1.82) is 0 Å². The first-order valence-corrected chi connectivity index (χ1v) is 6.62. The molecule has 1 atom stereocenters. The van der Waals surface area contributed by atoms with Gasteiger partial charge in [0.25, 0.3) is 0 Å². The van der Waals surface area contributed by atoms with Gasteiger partial charge in [-0.2, -0.15) is 0 Å². The maximum atomic E-state index is 13.0. The first-order valence-electron chi connectivity index (χ1n) is 6.62. The summed E-state index contributed by atoms with van der Waals surface area (Å²) in [7, 11) is 1.73. The highest BCUT2D eigenvalue weighted by molar-refractivity contribution is 5.94. The lowest BCUT2D eigenvalue weighted by Gasteiger charge is -2.18. The van der Waals surface area contributed by atoms with Crippen molar-refractivity contribution in [3.63, 3.8) is 0 Å². The van der Waals surface area contributed by atoms with E-state index in [1.54, 1.807) is 42.4 Å². The number of hydrazone groups is 1. The molecule has 5 nitrogen and oxygen atoms in total. The van der Waals surface area contributed by atoms with Gasteiger partial charge in [0, 0.05) is 18.2 Å². The first-order chi connectivity index (χ1) is 10.5. The van der Waals surface area contributed by atoms with Crippen LogP contribution in [0.1, 0.15) is 27.7 Å². The zero-order chi connectivity index (χ0) is 15.7. The molecule has 0 saturated carbocycles. The van der Waals surface area contributed by atoms with E-state index in [0.717, 1.165) is 0 Å². The van der Waals surface area contributed by atoms with Crippen LogP contribution in [-0.2, 0) is 4.74 Å². The van der Waals surface area contributed by atoms with Gasteiger partial charge in [-0.15, -0.1) is 5.10 Å². The van der Waals surface area contributed by atoms with Gasteiger partial charge in [0.2, 0.25) is 12.1 Å². The van der Waals surface area contributed by atoms with Crippen LogP contribution in [0.4, 0.5) is 4.39 Å². The largest absolute Gasteiger partial charge is 0.478 e. The minimum Gasteiger partial charge on any atom is -0.478 e. The summed E-state index contributed by atoms with van der Waals surface area (Å²) in [5, 5.41) is 14.9. The van der Waals surface area contributed by atoms with E-state index in [2.05, 4.69) is 5.10 Å². The molecule has 0 radical (unpaired) electrons. The zero-order valence-corrected chi connectivity index (χ0v) is 11.7. The van der Waals surface area contributed by atoms with Gasteiger partial charge in [0.1, 0.15) is 5.82 Å². The maximum absolute atomic E-state index is 13.0. The Morgan fingerprint density at radius 2 is 2.00 bits per heavy atom. The third-order valence-electron chi connectivity index (χ3n) is 3.32. The van der Waals surface area contributed by atoms with E-state index in [9.17, 15) is 9.18 Å². The number of halogens is 1. The number of benzene rings is 2. The SMILES string of the molecule is CN1N=C(c2ccc(F)cc2)OC1c1cccc(C(=O)O)c1. The fourth-order valence-electron chi connectivity index (χ4n) is 2.23. The number of carbonyl (C=O) groups is 1. The highest BCUT2D eigenvalue weighted by atomic mass is 19.1. The summed E-state index contributed by atoms with van der Waals surface area (Å²) in [5.74, 6) is -0.961. The molecule has 0 fully saturated rings. The van der Waals surface area contributed by atoms with Crippen LogP contribution in [0.15, 0.2) is 53.6 Å². The molecule has 22 heavy (non-hydrogen) atoms. The third kappa shape index (κ3) is 2.63. The molecule has 0 bridgehead atoms. The van der Waals surface area contributed by atoms with Gasteiger partial charge in [0.05, 0.1) is 5.56 Å². The Morgan fingerprint density at radius 3 is 2.68 bits per heavy atom. The van der Waals surface area contributed by atoms with Crippen molar-refractivity contribution in [2.75, 3.05) is 7.05 Å². The monoisotopic (exact) mass is 300 g/mol. The van der Waals surface area contributed by atoms with Gasteiger partial charge in [0.15, 0.2) is 0 Å². The van der Waals surface area contributed by atoms with Crippen molar-refractivity contribution in [1.82, 2.24) is 5.01 Å². The summed E-state index contributed by atoms with van der Waals surface area (Å²) in [5.41, 5.74) is 1.53. The summed E-state index contributed by atoms with van der Waals surface area (Å²) < 4.78 is 18.7. The fraction of sp³-hybridized carbons (Fsp3) is 0.125. The molecular weight excluding hydrogens is 287 g/mol. The van der Waals surface area contributed by atoms with E-state index in [1.807, 2.05) is 0 Å². The van der Waals surface area contributed by atoms with Gasteiger partial charge >= 0.3 is 5.97 Å². The van der Waals surface area contributed by atoms with E-state index < -0.39 is 12.2 Å². The number of hydrogen-bond donors (Lipinski definition) is 1. The molecule has 1 aliphatic rings. The summed E-state index contributed by atoms with van der Waals surface area (Å²) in [4.78, 5) is 11.0. The fourth-order valence-corrected chi connectivity index (χ4v) is 2.23. The smallest absolute Gasteiger partial charge is 0.335 e. The average molecular weight is 300 g/mol. The molecule has 2 aromatic carbocycles. The number of ether oxygens (including phenoxy) is 1. The minimum atomic E-state index is -0.998. The van der Waals surface area contributed by atoms with Crippen LogP contribution >= 0.6 is 0 Å². The second-order valence-electron chi connectivity index (χ2n) is 4.89. The predicted molar refractivity (Wildman–Crippen MR) is 77.9 cm³/mol. The first kappa shape index (κ1) is 14.1. The van der Waals surface area contributed by atoms with Gasteiger partial charge in [-0.25, -0.2) is 9.18 Å². The van der Waals surface area contributed by atoms with Gasteiger partial charge < -0.3 is 9.84 Å². The molecule has 2 aromatic rings. The zero-order valence-electron chi connectivity index (χ0n) is 11.7. The molecule has 6 heteroatoms. The number of rotatable bonds is 3. The van der Waals surface area contributed by atoms with Crippen molar-refractivity contribution in [2.45, 2.75) is 6.23 Å². The Morgan fingerprint density at radius 1 is 1.27 bits per heavy atom. The van der Waals surface area contributed by atoms with E-state index in [4.69, 9.17) is 9.84 Å². The van der Waals surface area contributed by atoms with E-state index in [0.29, 0.717) is 17.0 Å². The Bertz CT molecular complexity index is 743. The van der Waals surface area contributed by atoms with Crippen molar-refractivity contribution in [3.8, 4) is 0 Å². The molecule has 112 valence electrons. The van der Waals surface area contributed by atoms with Crippen LogP contribution in [0.3, 0.4) is 0 Å². The Balaban J connectivity index is 1.85. The van der Waals surface area contributed by atoms with Crippen LogP contribution in [0.25, 0.3) is 0 Å². The average Bonchev–Trinajstić information content (AvgIpc) is 2.90. The van der Waals surface area contributed by atoms with Gasteiger partial charge in [-0.3, -0.25) is 5.01 Å². The van der Waals surface area contributed by atoms with Crippen LogP contribution in [0.2, 0.25) is 0 Å². The third-order valence-corrected chi connectivity index (χ3v) is 3.32. The number of hydrogen-bond acceptors (Lipinski definition) is 4. The minimum absolute atomic E-state index is 0.185. The molecule has 1 aliphatic heterocycles. The van der Waals surface area contributed by atoms with Gasteiger partial charge in [-0.1, -0.05) is 12.1 Å². The highest BCUT2D eigenvalue weighted by Crippen LogP contribution is 2.29. The Labute approximate surface area is 126 Å². The quantitative estimate of drug-likeness (QED) is 0.946.